The van der Waals surface area contributed by atoms with Crippen molar-refractivity contribution in [1.29, 1.82) is 0 Å². The zero-order valence-corrected chi connectivity index (χ0v) is 13.6. The van der Waals surface area contributed by atoms with Gasteiger partial charge < -0.3 is 4.74 Å². The molecule has 1 nitrogen and oxygen atoms in total. The molecule has 1 unspecified atom stereocenters. The first-order chi connectivity index (χ1) is 10.3. The van der Waals surface area contributed by atoms with E-state index in [9.17, 15) is 0 Å². The van der Waals surface area contributed by atoms with Crippen LogP contribution >= 0.6 is 15.9 Å². The van der Waals surface area contributed by atoms with E-state index >= 15 is 0 Å². The van der Waals surface area contributed by atoms with Crippen LogP contribution < -0.4 is 4.74 Å². The quantitative estimate of drug-likeness (QED) is 0.708. The Morgan fingerprint density at radius 3 is 2.52 bits per heavy atom. The molecule has 2 aromatic carbocycles. The smallest absolute Gasteiger partial charge is 0.122 e. The van der Waals surface area contributed by atoms with E-state index < -0.39 is 0 Å². The molecular weight excluding hydrogens is 324 g/mol. The van der Waals surface area contributed by atoms with Crippen LogP contribution in [0, 0.1) is 5.92 Å². The van der Waals surface area contributed by atoms with Gasteiger partial charge >= 0.3 is 0 Å². The largest absolute Gasteiger partial charge is 0.493 e. The second-order valence-electron chi connectivity index (χ2n) is 6.16. The summed E-state index contributed by atoms with van der Waals surface area (Å²) in [6.07, 6.45) is 4.64. The van der Waals surface area contributed by atoms with E-state index in [1.165, 1.54) is 35.1 Å². The van der Waals surface area contributed by atoms with Gasteiger partial charge in [-0.05, 0) is 59.9 Å². The summed E-state index contributed by atoms with van der Waals surface area (Å²) in [6.45, 7) is 0.863. The van der Waals surface area contributed by atoms with Gasteiger partial charge in [-0.3, -0.25) is 0 Å². The van der Waals surface area contributed by atoms with Crippen molar-refractivity contribution in [2.45, 2.75) is 30.5 Å². The topological polar surface area (TPSA) is 9.23 Å². The highest BCUT2D eigenvalue weighted by atomic mass is 79.9. The minimum atomic E-state index is 0.428. The molecule has 0 fully saturated rings. The molecule has 1 atom stereocenters. The molecule has 0 saturated heterocycles. The fraction of sp³-hybridized carbons (Fsp3) is 0.368. The van der Waals surface area contributed by atoms with Gasteiger partial charge in [0.15, 0.2) is 0 Å². The average molecular weight is 343 g/mol. The Kier molecular flexibility index (Phi) is 3.50. The van der Waals surface area contributed by atoms with Crippen molar-refractivity contribution < 1.29 is 4.74 Å². The van der Waals surface area contributed by atoms with Gasteiger partial charge in [0.2, 0.25) is 0 Å². The molecule has 1 aliphatic heterocycles. The summed E-state index contributed by atoms with van der Waals surface area (Å²) in [4.78, 5) is 0.428. The molecule has 2 aromatic rings. The summed E-state index contributed by atoms with van der Waals surface area (Å²) in [6, 6.07) is 15.6. The number of fused-ring (bicyclic) bond motifs is 2. The summed E-state index contributed by atoms with van der Waals surface area (Å²) in [7, 11) is 0. The number of benzene rings is 2. The zero-order valence-electron chi connectivity index (χ0n) is 12.0. The fourth-order valence-corrected chi connectivity index (χ4v) is 4.28. The Hall–Kier alpha value is -1.28. The standard InChI is InChI=1S/C19H19BrO/c20-19(17-10-13-4-1-2-5-14(13)11-17)16-7-8-18-15(12-16)6-3-9-21-18/h1-2,4-5,7-8,12,17,19H,3,6,9-11H2. The Labute approximate surface area is 134 Å². The van der Waals surface area contributed by atoms with E-state index in [-0.39, 0.29) is 0 Å². The van der Waals surface area contributed by atoms with Crippen LogP contribution in [0.5, 0.6) is 5.75 Å². The predicted octanol–water partition coefficient (Wildman–Crippen LogP) is 4.86. The Morgan fingerprint density at radius 1 is 1.00 bits per heavy atom. The van der Waals surface area contributed by atoms with Crippen molar-refractivity contribution in [2.75, 3.05) is 6.61 Å². The molecule has 0 bridgehead atoms. The van der Waals surface area contributed by atoms with E-state index in [1.807, 2.05) is 0 Å². The van der Waals surface area contributed by atoms with Gasteiger partial charge in [0.25, 0.3) is 0 Å². The number of hydrogen-bond donors (Lipinski definition) is 0. The number of aryl methyl sites for hydroxylation is 1. The summed E-state index contributed by atoms with van der Waals surface area (Å²) in [5, 5.41) is 0. The number of rotatable bonds is 2. The lowest BCUT2D eigenvalue weighted by Crippen LogP contribution is -2.11. The third kappa shape index (κ3) is 2.50. The van der Waals surface area contributed by atoms with Gasteiger partial charge in [0.1, 0.15) is 5.75 Å². The Balaban J connectivity index is 1.57. The first-order valence-electron chi connectivity index (χ1n) is 7.78. The molecule has 21 heavy (non-hydrogen) atoms. The first kappa shape index (κ1) is 13.4. The normalized spacial score (nSPS) is 18.7. The van der Waals surface area contributed by atoms with Crippen molar-refractivity contribution in [3.63, 3.8) is 0 Å². The molecule has 1 aliphatic carbocycles. The van der Waals surface area contributed by atoms with Gasteiger partial charge in [-0.1, -0.05) is 52.3 Å². The molecular formula is C19H19BrO. The maximum Gasteiger partial charge on any atom is 0.122 e. The van der Waals surface area contributed by atoms with Crippen LogP contribution in [0.25, 0.3) is 0 Å². The van der Waals surface area contributed by atoms with Crippen molar-refractivity contribution in [3.8, 4) is 5.75 Å². The molecule has 108 valence electrons. The summed E-state index contributed by atoms with van der Waals surface area (Å²) < 4.78 is 5.72. The summed E-state index contributed by atoms with van der Waals surface area (Å²) >= 11 is 3.96. The van der Waals surface area contributed by atoms with E-state index in [0.29, 0.717) is 10.7 Å². The van der Waals surface area contributed by atoms with Gasteiger partial charge in [-0.15, -0.1) is 0 Å². The third-order valence-corrected chi connectivity index (χ3v) is 6.02. The van der Waals surface area contributed by atoms with E-state index in [1.54, 1.807) is 0 Å². The minimum Gasteiger partial charge on any atom is -0.493 e. The molecule has 2 heteroatoms. The van der Waals surface area contributed by atoms with Crippen LogP contribution in [0.4, 0.5) is 0 Å². The van der Waals surface area contributed by atoms with Crippen LogP contribution in [-0.2, 0) is 19.3 Å². The van der Waals surface area contributed by atoms with Crippen LogP contribution in [0.3, 0.4) is 0 Å². The van der Waals surface area contributed by atoms with Crippen molar-refractivity contribution in [1.82, 2.24) is 0 Å². The first-order valence-corrected chi connectivity index (χ1v) is 8.69. The highest BCUT2D eigenvalue weighted by Crippen LogP contribution is 2.41. The fourth-order valence-electron chi connectivity index (χ4n) is 3.62. The predicted molar refractivity (Wildman–Crippen MR) is 89.3 cm³/mol. The lowest BCUT2D eigenvalue weighted by molar-refractivity contribution is 0.288. The third-order valence-electron chi connectivity index (χ3n) is 4.75. The van der Waals surface area contributed by atoms with E-state index in [0.717, 1.165) is 25.2 Å². The van der Waals surface area contributed by atoms with Crippen LogP contribution in [0.2, 0.25) is 0 Å². The Morgan fingerprint density at radius 2 is 1.76 bits per heavy atom. The Bertz CT molecular complexity index is 639. The molecule has 0 amide bonds. The lowest BCUT2D eigenvalue weighted by atomic mass is 9.94. The monoisotopic (exact) mass is 342 g/mol. The lowest BCUT2D eigenvalue weighted by Gasteiger charge is -2.22. The number of ether oxygens (including phenoxy) is 1. The van der Waals surface area contributed by atoms with Gasteiger partial charge in [0.05, 0.1) is 6.61 Å². The van der Waals surface area contributed by atoms with Crippen LogP contribution in [-0.4, -0.2) is 6.61 Å². The maximum atomic E-state index is 5.72. The van der Waals surface area contributed by atoms with Crippen LogP contribution in [0.15, 0.2) is 42.5 Å². The molecule has 4 rings (SSSR count). The molecule has 0 aromatic heterocycles. The minimum absolute atomic E-state index is 0.428. The van der Waals surface area contributed by atoms with Crippen molar-refractivity contribution in [3.05, 3.63) is 64.7 Å². The van der Waals surface area contributed by atoms with Gasteiger partial charge in [-0.2, -0.15) is 0 Å². The molecule has 0 radical (unpaired) electrons. The average Bonchev–Trinajstić information content (AvgIpc) is 2.97. The highest BCUT2D eigenvalue weighted by molar-refractivity contribution is 9.09. The zero-order chi connectivity index (χ0) is 14.2. The van der Waals surface area contributed by atoms with Gasteiger partial charge in [0, 0.05) is 4.83 Å². The maximum absolute atomic E-state index is 5.72. The van der Waals surface area contributed by atoms with Crippen molar-refractivity contribution in [2.24, 2.45) is 5.92 Å². The second kappa shape index (κ2) is 5.49. The molecule has 1 heterocycles. The number of hydrogen-bond acceptors (Lipinski definition) is 1. The second-order valence-corrected chi connectivity index (χ2v) is 7.14. The molecule has 0 N–H and O–H groups in total. The van der Waals surface area contributed by atoms with Gasteiger partial charge in [-0.25, -0.2) is 0 Å². The van der Waals surface area contributed by atoms with Crippen LogP contribution in [0.1, 0.15) is 33.5 Å². The van der Waals surface area contributed by atoms with E-state index in [2.05, 4.69) is 58.4 Å². The SMILES string of the molecule is BrC(c1ccc2c(c1)CCCO2)C1Cc2ccccc2C1. The molecule has 0 spiro atoms. The molecule has 0 saturated carbocycles. The van der Waals surface area contributed by atoms with E-state index in [4.69, 9.17) is 4.74 Å². The van der Waals surface area contributed by atoms with Crippen molar-refractivity contribution >= 4 is 15.9 Å². The summed E-state index contributed by atoms with van der Waals surface area (Å²) in [5.74, 6) is 1.74. The summed E-state index contributed by atoms with van der Waals surface area (Å²) in [5.41, 5.74) is 5.82. The number of alkyl halides is 1. The number of halogens is 1. The highest BCUT2D eigenvalue weighted by Gasteiger charge is 2.28. The molecule has 2 aliphatic rings.